The Kier molecular flexibility index (Phi) is 6.03. The first-order valence-electron chi connectivity index (χ1n) is 4.64. The number of hydrogen-bond donors (Lipinski definition) is 1. The number of likely N-dealkylation sites (N-methyl/N-ethyl adjacent to an activating group) is 2. The zero-order chi connectivity index (χ0) is 9.56. The molecule has 1 unspecified atom stereocenters. The zero-order valence-electron chi connectivity index (χ0n) is 8.85. The van der Waals surface area contributed by atoms with Crippen LogP contribution in [-0.2, 0) is 0 Å². The number of rotatable bonds is 6. The topological polar surface area (TPSA) is 15.3 Å². The third kappa shape index (κ3) is 4.52. The molecule has 0 amide bonds. The van der Waals surface area contributed by atoms with Crippen molar-refractivity contribution in [2.45, 2.75) is 26.8 Å². The molecule has 0 bridgehead atoms. The molecule has 0 radical (unpaired) electrons. The average Bonchev–Trinajstić information content (AvgIpc) is 2.00. The molecule has 0 fully saturated rings. The second-order valence-electron chi connectivity index (χ2n) is 3.43. The van der Waals surface area contributed by atoms with Crippen molar-refractivity contribution >= 4 is 0 Å². The average molecular weight is 170 g/mol. The lowest BCUT2D eigenvalue weighted by Gasteiger charge is -2.27. The minimum absolute atomic E-state index is 0.594. The van der Waals surface area contributed by atoms with E-state index in [2.05, 4.69) is 37.6 Å². The largest absolute Gasteiger partial charge is 0.318 e. The van der Waals surface area contributed by atoms with Crippen LogP contribution in [0.15, 0.2) is 12.2 Å². The molecule has 0 rings (SSSR count). The zero-order valence-corrected chi connectivity index (χ0v) is 8.85. The Hall–Kier alpha value is -0.340. The van der Waals surface area contributed by atoms with E-state index >= 15 is 0 Å². The standard InChI is InChI=1S/C10H22N2/c1-6-12(8-9(2)3)10(4)7-11-5/h10-11H,2,6-8H2,1,3-5H3. The van der Waals surface area contributed by atoms with Gasteiger partial charge in [0.15, 0.2) is 0 Å². The van der Waals surface area contributed by atoms with Crippen LogP contribution in [0.2, 0.25) is 0 Å². The van der Waals surface area contributed by atoms with Gasteiger partial charge in [-0.25, -0.2) is 0 Å². The van der Waals surface area contributed by atoms with Crippen molar-refractivity contribution in [2.75, 3.05) is 26.7 Å². The first kappa shape index (κ1) is 11.7. The van der Waals surface area contributed by atoms with Gasteiger partial charge in [-0.1, -0.05) is 19.1 Å². The molecule has 0 aliphatic carbocycles. The number of nitrogens with zero attached hydrogens (tertiary/aromatic N) is 1. The molecule has 0 aliphatic rings. The third-order valence-electron chi connectivity index (χ3n) is 2.00. The molecule has 0 aromatic rings. The molecule has 1 atom stereocenters. The van der Waals surface area contributed by atoms with Gasteiger partial charge in [-0.15, -0.1) is 0 Å². The molecule has 1 N–H and O–H groups in total. The van der Waals surface area contributed by atoms with Gasteiger partial charge in [0, 0.05) is 19.1 Å². The van der Waals surface area contributed by atoms with Crippen molar-refractivity contribution in [3.05, 3.63) is 12.2 Å². The van der Waals surface area contributed by atoms with E-state index in [1.165, 1.54) is 5.57 Å². The molecule has 2 nitrogen and oxygen atoms in total. The Morgan fingerprint density at radius 2 is 2.17 bits per heavy atom. The lowest BCUT2D eigenvalue weighted by Crippen LogP contribution is -2.40. The van der Waals surface area contributed by atoms with E-state index in [1.54, 1.807) is 0 Å². The Bertz CT molecular complexity index is 132. The maximum atomic E-state index is 3.92. The predicted molar refractivity (Wildman–Crippen MR) is 55.4 cm³/mol. The smallest absolute Gasteiger partial charge is 0.0195 e. The van der Waals surface area contributed by atoms with E-state index in [-0.39, 0.29) is 0 Å². The highest BCUT2D eigenvalue weighted by Gasteiger charge is 2.09. The number of nitrogens with one attached hydrogen (secondary N) is 1. The molecule has 0 heterocycles. The number of hydrogen-bond acceptors (Lipinski definition) is 2. The Morgan fingerprint density at radius 1 is 1.58 bits per heavy atom. The van der Waals surface area contributed by atoms with E-state index in [4.69, 9.17) is 0 Å². The molecule has 0 aromatic carbocycles. The maximum Gasteiger partial charge on any atom is 0.0195 e. The third-order valence-corrected chi connectivity index (χ3v) is 2.00. The lowest BCUT2D eigenvalue weighted by molar-refractivity contribution is 0.235. The van der Waals surface area contributed by atoms with E-state index < -0.39 is 0 Å². The maximum absolute atomic E-state index is 3.92. The summed E-state index contributed by atoms with van der Waals surface area (Å²) in [7, 11) is 1.99. The second-order valence-corrected chi connectivity index (χ2v) is 3.43. The summed E-state index contributed by atoms with van der Waals surface area (Å²) in [5, 5.41) is 3.18. The normalized spacial score (nSPS) is 13.4. The van der Waals surface area contributed by atoms with Crippen LogP contribution in [0.4, 0.5) is 0 Å². The summed E-state index contributed by atoms with van der Waals surface area (Å²) in [5.41, 5.74) is 1.24. The van der Waals surface area contributed by atoms with E-state index in [0.29, 0.717) is 6.04 Å². The molecule has 2 heteroatoms. The molecule has 0 saturated heterocycles. The highest BCUT2D eigenvalue weighted by molar-refractivity contribution is 4.92. The van der Waals surface area contributed by atoms with Crippen molar-refractivity contribution in [3.63, 3.8) is 0 Å². The lowest BCUT2D eigenvalue weighted by atomic mass is 10.2. The summed E-state index contributed by atoms with van der Waals surface area (Å²) in [6.07, 6.45) is 0. The van der Waals surface area contributed by atoms with Gasteiger partial charge in [0.05, 0.1) is 0 Å². The van der Waals surface area contributed by atoms with Crippen LogP contribution in [-0.4, -0.2) is 37.6 Å². The van der Waals surface area contributed by atoms with Crippen molar-refractivity contribution < 1.29 is 0 Å². The van der Waals surface area contributed by atoms with Gasteiger partial charge in [-0.05, 0) is 27.4 Å². The van der Waals surface area contributed by atoms with Gasteiger partial charge in [-0.2, -0.15) is 0 Å². The molecule has 0 aliphatic heterocycles. The first-order chi connectivity index (χ1) is 5.61. The van der Waals surface area contributed by atoms with Gasteiger partial charge in [0.2, 0.25) is 0 Å². The fourth-order valence-electron chi connectivity index (χ4n) is 1.35. The Morgan fingerprint density at radius 3 is 2.50 bits per heavy atom. The SMILES string of the molecule is C=C(C)CN(CC)C(C)CNC. The Labute approximate surface area is 76.6 Å². The van der Waals surface area contributed by atoms with Crippen LogP contribution < -0.4 is 5.32 Å². The summed E-state index contributed by atoms with van der Waals surface area (Å²) >= 11 is 0. The van der Waals surface area contributed by atoms with Gasteiger partial charge in [-0.3, -0.25) is 4.90 Å². The van der Waals surface area contributed by atoms with Crippen LogP contribution in [0.25, 0.3) is 0 Å². The summed E-state index contributed by atoms with van der Waals surface area (Å²) in [4.78, 5) is 2.42. The van der Waals surface area contributed by atoms with E-state index in [1.807, 2.05) is 7.05 Å². The molecule has 0 spiro atoms. The van der Waals surface area contributed by atoms with Gasteiger partial charge in [0.1, 0.15) is 0 Å². The van der Waals surface area contributed by atoms with Gasteiger partial charge >= 0.3 is 0 Å². The quantitative estimate of drug-likeness (QED) is 0.608. The Balaban J connectivity index is 3.86. The highest BCUT2D eigenvalue weighted by Crippen LogP contribution is 2.01. The summed E-state index contributed by atoms with van der Waals surface area (Å²) in [6.45, 7) is 13.6. The van der Waals surface area contributed by atoms with Crippen molar-refractivity contribution in [1.82, 2.24) is 10.2 Å². The minimum atomic E-state index is 0.594. The molecular formula is C10H22N2. The molecule has 72 valence electrons. The summed E-state index contributed by atoms with van der Waals surface area (Å²) < 4.78 is 0. The fraction of sp³-hybridized carbons (Fsp3) is 0.800. The minimum Gasteiger partial charge on any atom is -0.318 e. The molecule has 0 saturated carbocycles. The van der Waals surface area contributed by atoms with Crippen LogP contribution >= 0.6 is 0 Å². The van der Waals surface area contributed by atoms with Crippen LogP contribution in [0.1, 0.15) is 20.8 Å². The van der Waals surface area contributed by atoms with Crippen LogP contribution in [0.3, 0.4) is 0 Å². The summed E-state index contributed by atoms with van der Waals surface area (Å²) in [6, 6.07) is 0.594. The van der Waals surface area contributed by atoms with Gasteiger partial charge < -0.3 is 5.32 Å². The molecule has 12 heavy (non-hydrogen) atoms. The highest BCUT2D eigenvalue weighted by atomic mass is 15.2. The van der Waals surface area contributed by atoms with Crippen molar-refractivity contribution in [1.29, 1.82) is 0 Å². The van der Waals surface area contributed by atoms with Crippen molar-refractivity contribution in [3.8, 4) is 0 Å². The van der Waals surface area contributed by atoms with Crippen LogP contribution in [0.5, 0.6) is 0 Å². The van der Waals surface area contributed by atoms with Crippen molar-refractivity contribution in [2.24, 2.45) is 0 Å². The predicted octanol–water partition coefficient (Wildman–Crippen LogP) is 1.49. The van der Waals surface area contributed by atoms with E-state index in [0.717, 1.165) is 19.6 Å². The molecule has 0 aromatic heterocycles. The van der Waals surface area contributed by atoms with E-state index in [9.17, 15) is 0 Å². The fourth-order valence-corrected chi connectivity index (χ4v) is 1.35. The van der Waals surface area contributed by atoms with Gasteiger partial charge in [0.25, 0.3) is 0 Å². The summed E-state index contributed by atoms with van der Waals surface area (Å²) in [5.74, 6) is 0. The molecular weight excluding hydrogens is 148 g/mol. The second kappa shape index (κ2) is 6.21. The monoisotopic (exact) mass is 170 g/mol. The van der Waals surface area contributed by atoms with Crippen LogP contribution in [0, 0.1) is 0 Å². The first-order valence-corrected chi connectivity index (χ1v) is 4.64.